The van der Waals surface area contributed by atoms with Crippen molar-refractivity contribution in [2.45, 2.75) is 19.5 Å². The summed E-state index contributed by atoms with van der Waals surface area (Å²) in [5.41, 5.74) is 2.78. The second-order valence-corrected chi connectivity index (χ2v) is 6.27. The van der Waals surface area contributed by atoms with Crippen LogP contribution in [0.3, 0.4) is 0 Å². The summed E-state index contributed by atoms with van der Waals surface area (Å²) < 4.78 is 13.7. The van der Waals surface area contributed by atoms with E-state index in [1.54, 1.807) is 33.8 Å². The Morgan fingerprint density at radius 1 is 1.11 bits per heavy atom. The van der Waals surface area contributed by atoms with Crippen molar-refractivity contribution in [1.82, 2.24) is 19.3 Å². The maximum Gasteiger partial charge on any atom is 0.419 e. The fourth-order valence-electron chi connectivity index (χ4n) is 2.94. The number of benzene rings is 2. The minimum absolute atomic E-state index is 0.214. The summed E-state index contributed by atoms with van der Waals surface area (Å²) in [6, 6.07) is 14.4. The molecule has 0 N–H and O–H groups in total. The van der Waals surface area contributed by atoms with Gasteiger partial charge in [0.15, 0.2) is 5.58 Å². The maximum absolute atomic E-state index is 12.2. The monoisotopic (exact) mass is 378 g/mol. The van der Waals surface area contributed by atoms with Gasteiger partial charge in [-0.3, -0.25) is 4.57 Å². The van der Waals surface area contributed by atoms with Crippen LogP contribution in [0.5, 0.6) is 0 Å². The van der Waals surface area contributed by atoms with Gasteiger partial charge in [-0.05, 0) is 36.2 Å². The molecule has 2 aromatic carbocycles. The van der Waals surface area contributed by atoms with Crippen LogP contribution in [0.4, 0.5) is 0 Å². The number of hydrogen-bond acceptors (Lipinski definition) is 6. The van der Waals surface area contributed by atoms with Crippen molar-refractivity contribution in [3.63, 3.8) is 0 Å². The molecule has 2 heterocycles. The molecule has 2 aromatic heterocycles. The van der Waals surface area contributed by atoms with Crippen LogP contribution in [0.25, 0.3) is 11.1 Å². The topological polar surface area (TPSA) is 92.2 Å². The third kappa shape index (κ3) is 3.85. The zero-order valence-corrected chi connectivity index (χ0v) is 15.0. The Hall–Kier alpha value is -3.68. The Balaban J connectivity index is 1.29. The first-order valence-electron chi connectivity index (χ1n) is 8.87. The SMILES string of the molecule is O=C(OCCCn1c(=O)oc2ccccc21)c1ccc(Cn2cncn2)cc1. The second-order valence-electron chi connectivity index (χ2n) is 6.27. The van der Waals surface area contributed by atoms with Crippen LogP contribution < -0.4 is 5.76 Å². The number of oxazole rings is 1. The number of aromatic nitrogens is 4. The molecule has 0 fully saturated rings. The number of rotatable bonds is 7. The second kappa shape index (κ2) is 7.91. The number of fused-ring (bicyclic) bond motifs is 1. The minimum Gasteiger partial charge on any atom is -0.462 e. The molecule has 142 valence electrons. The zero-order valence-electron chi connectivity index (χ0n) is 15.0. The number of esters is 1. The van der Waals surface area contributed by atoms with Gasteiger partial charge >= 0.3 is 11.7 Å². The van der Waals surface area contributed by atoms with Gasteiger partial charge in [0, 0.05) is 6.54 Å². The number of carbonyl (C=O) groups is 1. The first kappa shape index (κ1) is 17.7. The molecule has 0 saturated carbocycles. The van der Waals surface area contributed by atoms with E-state index in [4.69, 9.17) is 9.15 Å². The predicted octanol–water partition coefficient (Wildman–Crippen LogP) is 2.48. The molecule has 8 nitrogen and oxygen atoms in total. The van der Waals surface area contributed by atoms with Gasteiger partial charge in [0.1, 0.15) is 12.7 Å². The van der Waals surface area contributed by atoms with Crippen LogP contribution in [-0.4, -0.2) is 31.9 Å². The number of ether oxygens (including phenoxy) is 1. The van der Waals surface area contributed by atoms with E-state index in [2.05, 4.69) is 10.1 Å². The molecule has 0 aliphatic carbocycles. The van der Waals surface area contributed by atoms with Crippen molar-refractivity contribution in [3.8, 4) is 0 Å². The molecule has 0 aliphatic rings. The minimum atomic E-state index is -0.407. The first-order valence-corrected chi connectivity index (χ1v) is 8.87. The smallest absolute Gasteiger partial charge is 0.419 e. The van der Waals surface area contributed by atoms with E-state index in [9.17, 15) is 9.59 Å². The fraction of sp³-hybridized carbons (Fsp3) is 0.200. The standard InChI is InChI=1S/C20H18N4O4/c25-19(16-8-6-15(7-9-16)12-23-14-21-13-22-23)27-11-3-10-24-17-4-1-2-5-18(17)28-20(24)26/h1-2,4-9,13-14H,3,10-12H2. The fourth-order valence-corrected chi connectivity index (χ4v) is 2.94. The number of nitrogens with zero attached hydrogens (tertiary/aromatic N) is 4. The molecule has 4 aromatic rings. The average molecular weight is 378 g/mol. The van der Waals surface area contributed by atoms with Crippen molar-refractivity contribution in [2.75, 3.05) is 6.61 Å². The lowest BCUT2D eigenvalue weighted by atomic mass is 10.1. The highest BCUT2D eigenvalue weighted by Gasteiger charge is 2.10. The van der Waals surface area contributed by atoms with E-state index < -0.39 is 11.7 Å². The van der Waals surface area contributed by atoms with Gasteiger partial charge in [-0.1, -0.05) is 24.3 Å². The van der Waals surface area contributed by atoms with E-state index in [0.717, 1.165) is 11.1 Å². The van der Waals surface area contributed by atoms with Crippen LogP contribution >= 0.6 is 0 Å². The molecule has 0 bridgehead atoms. The van der Waals surface area contributed by atoms with Gasteiger partial charge < -0.3 is 9.15 Å². The third-order valence-electron chi connectivity index (χ3n) is 4.33. The molecule has 28 heavy (non-hydrogen) atoms. The quantitative estimate of drug-likeness (QED) is 0.362. The van der Waals surface area contributed by atoms with Crippen LogP contribution in [0.2, 0.25) is 0 Å². The highest BCUT2D eigenvalue weighted by Crippen LogP contribution is 2.12. The molecule has 4 rings (SSSR count). The average Bonchev–Trinajstić information content (AvgIpc) is 3.33. The number of aryl methyl sites for hydroxylation is 1. The largest absolute Gasteiger partial charge is 0.462 e. The zero-order chi connectivity index (χ0) is 19.3. The summed E-state index contributed by atoms with van der Waals surface area (Å²) >= 11 is 0. The van der Waals surface area contributed by atoms with Crippen LogP contribution in [-0.2, 0) is 17.8 Å². The van der Waals surface area contributed by atoms with Crippen molar-refractivity contribution in [1.29, 1.82) is 0 Å². The Labute approximate surface area is 160 Å². The van der Waals surface area contributed by atoms with E-state index >= 15 is 0 Å². The van der Waals surface area contributed by atoms with Crippen molar-refractivity contribution in [3.05, 3.63) is 82.9 Å². The number of hydrogen-bond donors (Lipinski definition) is 0. The molecule has 0 amide bonds. The molecular formula is C20H18N4O4. The summed E-state index contributed by atoms with van der Waals surface area (Å²) in [5, 5.41) is 4.05. The summed E-state index contributed by atoms with van der Waals surface area (Å²) in [6.07, 6.45) is 3.63. The van der Waals surface area contributed by atoms with Gasteiger partial charge in [-0.15, -0.1) is 0 Å². The van der Waals surface area contributed by atoms with Crippen molar-refractivity contribution < 1.29 is 13.9 Å². The Morgan fingerprint density at radius 3 is 2.71 bits per heavy atom. The lowest BCUT2D eigenvalue weighted by Gasteiger charge is -2.06. The van der Waals surface area contributed by atoms with Gasteiger partial charge in [-0.2, -0.15) is 5.10 Å². The van der Waals surface area contributed by atoms with Gasteiger partial charge in [-0.25, -0.2) is 19.3 Å². The van der Waals surface area contributed by atoms with Crippen LogP contribution in [0.1, 0.15) is 22.3 Å². The van der Waals surface area contributed by atoms with Crippen molar-refractivity contribution in [2.24, 2.45) is 0 Å². The van der Waals surface area contributed by atoms with Crippen LogP contribution in [0.15, 0.2) is 70.4 Å². The molecule has 0 spiro atoms. The van der Waals surface area contributed by atoms with Gasteiger partial charge in [0.2, 0.25) is 0 Å². The summed E-state index contributed by atoms with van der Waals surface area (Å²) in [6.45, 7) is 1.22. The van der Waals surface area contributed by atoms with Crippen LogP contribution in [0, 0.1) is 0 Å². The van der Waals surface area contributed by atoms with Gasteiger partial charge in [0.05, 0.1) is 24.2 Å². The molecule has 8 heteroatoms. The third-order valence-corrected chi connectivity index (χ3v) is 4.33. The number of carbonyl (C=O) groups excluding carboxylic acids is 1. The van der Waals surface area contributed by atoms with E-state index in [1.807, 2.05) is 30.3 Å². The normalized spacial score (nSPS) is 11.0. The molecular weight excluding hydrogens is 360 g/mol. The lowest BCUT2D eigenvalue weighted by Crippen LogP contribution is -2.16. The first-order chi connectivity index (χ1) is 13.7. The van der Waals surface area contributed by atoms with Crippen molar-refractivity contribution >= 4 is 17.1 Å². The van der Waals surface area contributed by atoms with E-state index in [0.29, 0.717) is 30.7 Å². The Morgan fingerprint density at radius 2 is 1.93 bits per heavy atom. The van der Waals surface area contributed by atoms with E-state index in [-0.39, 0.29) is 6.61 Å². The van der Waals surface area contributed by atoms with E-state index in [1.165, 1.54) is 6.33 Å². The summed E-state index contributed by atoms with van der Waals surface area (Å²) in [4.78, 5) is 28.0. The molecule has 0 saturated heterocycles. The predicted molar refractivity (Wildman–Crippen MR) is 101 cm³/mol. The lowest BCUT2D eigenvalue weighted by molar-refractivity contribution is 0.0496. The summed E-state index contributed by atoms with van der Waals surface area (Å²) in [7, 11) is 0. The molecule has 0 unspecified atom stereocenters. The highest BCUT2D eigenvalue weighted by molar-refractivity contribution is 5.89. The molecule has 0 aliphatic heterocycles. The Bertz CT molecular complexity index is 1130. The molecule has 0 radical (unpaired) electrons. The molecule has 0 atom stereocenters. The maximum atomic E-state index is 12.2. The van der Waals surface area contributed by atoms with Gasteiger partial charge in [0.25, 0.3) is 0 Å². The highest BCUT2D eigenvalue weighted by atomic mass is 16.5. The number of para-hydroxylation sites is 2. The Kier molecular flexibility index (Phi) is 5.01. The summed E-state index contributed by atoms with van der Waals surface area (Å²) in [5.74, 6) is -0.799.